The summed E-state index contributed by atoms with van der Waals surface area (Å²) in [4.78, 5) is 27.2. The Hall–Kier alpha value is -3.09. The average Bonchev–Trinajstić information content (AvgIpc) is 2.52. The van der Waals surface area contributed by atoms with Gasteiger partial charge in [-0.15, -0.1) is 0 Å². The number of nitrogens with zero attached hydrogens (tertiary/aromatic N) is 1. The van der Waals surface area contributed by atoms with E-state index in [0.29, 0.717) is 5.69 Å². The highest BCUT2D eigenvalue weighted by Crippen LogP contribution is 2.22. The number of carbonyl (C=O) groups is 2. The fraction of sp³-hybridized carbons (Fsp3) is 0.316. The number of nitrogens with one attached hydrogen (secondary N) is 1. The van der Waals surface area contributed by atoms with E-state index in [1.807, 2.05) is 0 Å². The molecule has 26 heavy (non-hydrogen) atoms. The predicted octanol–water partition coefficient (Wildman–Crippen LogP) is 3.91. The SMILES string of the molecule is [2H]C([2H])(NC(=O)OC(C)(C)C)c1cc(C)nc(Oc2cccc(C(=O)O)c2)c1. The van der Waals surface area contributed by atoms with Crippen molar-refractivity contribution in [1.82, 2.24) is 10.3 Å². The molecular formula is C19H22N2O5. The van der Waals surface area contributed by atoms with Crippen LogP contribution in [0.1, 0.15) is 45.1 Å². The topological polar surface area (TPSA) is 97.8 Å². The molecule has 2 N–H and O–H groups in total. The number of hydrogen-bond acceptors (Lipinski definition) is 5. The summed E-state index contributed by atoms with van der Waals surface area (Å²) < 4.78 is 27.0. The lowest BCUT2D eigenvalue weighted by atomic mass is 10.2. The highest BCUT2D eigenvalue weighted by Gasteiger charge is 2.16. The van der Waals surface area contributed by atoms with Crippen molar-refractivity contribution in [3.63, 3.8) is 0 Å². The van der Waals surface area contributed by atoms with Gasteiger partial charge >= 0.3 is 12.1 Å². The van der Waals surface area contributed by atoms with Crippen molar-refractivity contribution in [2.75, 3.05) is 0 Å². The average molecular weight is 360 g/mol. The van der Waals surface area contributed by atoms with Crippen molar-refractivity contribution in [2.45, 2.75) is 39.8 Å². The molecule has 7 heteroatoms. The van der Waals surface area contributed by atoms with E-state index in [1.54, 1.807) is 33.8 Å². The van der Waals surface area contributed by atoms with E-state index in [4.69, 9.17) is 17.3 Å². The van der Waals surface area contributed by atoms with Crippen molar-refractivity contribution < 1.29 is 26.9 Å². The molecular weight excluding hydrogens is 336 g/mol. The van der Waals surface area contributed by atoms with Crippen LogP contribution in [0, 0.1) is 6.92 Å². The van der Waals surface area contributed by atoms with E-state index in [1.165, 1.54) is 30.3 Å². The number of aryl methyl sites for hydroxylation is 1. The van der Waals surface area contributed by atoms with Gasteiger partial charge in [0, 0.05) is 18.3 Å². The Balaban J connectivity index is 2.25. The molecule has 1 aromatic carbocycles. The van der Waals surface area contributed by atoms with Crippen LogP contribution in [0.3, 0.4) is 0 Å². The van der Waals surface area contributed by atoms with E-state index in [-0.39, 0.29) is 22.8 Å². The number of alkyl carbamates (subject to hydrolysis) is 1. The molecule has 0 saturated heterocycles. The number of aromatic nitrogens is 1. The third-order valence-corrected chi connectivity index (χ3v) is 2.94. The number of amides is 1. The summed E-state index contributed by atoms with van der Waals surface area (Å²) in [7, 11) is 0. The summed E-state index contributed by atoms with van der Waals surface area (Å²) in [6, 6.07) is 8.64. The summed E-state index contributed by atoms with van der Waals surface area (Å²) in [5, 5.41) is 11.2. The van der Waals surface area contributed by atoms with Crippen LogP contribution in [0.25, 0.3) is 0 Å². The Bertz CT molecular complexity index is 894. The second-order valence-corrected chi connectivity index (χ2v) is 6.52. The minimum absolute atomic E-state index is 0.0484. The fourth-order valence-corrected chi connectivity index (χ4v) is 2.00. The van der Waals surface area contributed by atoms with Crippen LogP contribution in [0.4, 0.5) is 4.79 Å². The molecule has 0 atom stereocenters. The maximum atomic E-state index is 11.9. The molecule has 2 rings (SSSR count). The van der Waals surface area contributed by atoms with Crippen molar-refractivity contribution >= 4 is 12.1 Å². The standard InChI is InChI=1S/C19H22N2O5/c1-12-8-13(11-20-18(24)26-19(2,3)4)9-16(21-12)25-15-7-5-6-14(10-15)17(22)23/h5-10H,11H2,1-4H3,(H,20,24)(H,22,23)/i11D2. The highest BCUT2D eigenvalue weighted by molar-refractivity contribution is 5.88. The van der Waals surface area contributed by atoms with Gasteiger partial charge in [0.15, 0.2) is 0 Å². The second-order valence-electron chi connectivity index (χ2n) is 6.52. The van der Waals surface area contributed by atoms with Crippen LogP contribution in [-0.2, 0) is 11.2 Å². The first-order valence-corrected chi connectivity index (χ1v) is 7.87. The van der Waals surface area contributed by atoms with Gasteiger partial charge in [0.2, 0.25) is 5.88 Å². The summed E-state index contributed by atoms with van der Waals surface area (Å²) in [6.07, 6.45) is -0.899. The van der Waals surface area contributed by atoms with E-state index in [0.717, 1.165) is 0 Å². The summed E-state index contributed by atoms with van der Waals surface area (Å²) in [6.45, 7) is 4.44. The second kappa shape index (κ2) is 7.86. The lowest BCUT2D eigenvalue weighted by Gasteiger charge is -2.19. The van der Waals surface area contributed by atoms with E-state index in [2.05, 4.69) is 10.3 Å². The molecule has 1 aromatic heterocycles. The van der Waals surface area contributed by atoms with Gasteiger partial charge < -0.3 is 19.9 Å². The lowest BCUT2D eigenvalue weighted by molar-refractivity contribution is 0.0523. The predicted molar refractivity (Wildman–Crippen MR) is 95.5 cm³/mol. The molecule has 2 aromatic rings. The third-order valence-electron chi connectivity index (χ3n) is 2.94. The molecule has 7 nitrogen and oxygen atoms in total. The van der Waals surface area contributed by atoms with Gasteiger partial charge in [-0.3, -0.25) is 0 Å². The summed E-state index contributed by atoms with van der Waals surface area (Å²) in [5.74, 6) is -0.793. The highest BCUT2D eigenvalue weighted by atomic mass is 16.6. The minimum Gasteiger partial charge on any atom is -0.478 e. The number of carboxylic acid groups (broad SMARTS) is 1. The molecule has 0 saturated carbocycles. The van der Waals surface area contributed by atoms with Crippen LogP contribution in [0.2, 0.25) is 0 Å². The molecule has 0 aliphatic rings. The zero-order valence-electron chi connectivity index (χ0n) is 17.0. The van der Waals surface area contributed by atoms with Crippen LogP contribution in [0.15, 0.2) is 36.4 Å². The Kier molecular flexibility index (Phi) is 4.95. The number of carboxylic acids is 1. The Labute approximate surface area is 154 Å². The normalized spacial score (nSPS) is 12.6. The maximum Gasteiger partial charge on any atom is 0.407 e. The van der Waals surface area contributed by atoms with E-state index < -0.39 is 24.2 Å². The number of hydrogen-bond donors (Lipinski definition) is 2. The van der Waals surface area contributed by atoms with Gasteiger partial charge in [0.1, 0.15) is 11.4 Å². The molecule has 0 unspecified atom stereocenters. The summed E-state index contributed by atoms with van der Waals surface area (Å²) >= 11 is 0. The zero-order valence-corrected chi connectivity index (χ0v) is 15.0. The van der Waals surface area contributed by atoms with Crippen molar-refractivity contribution in [1.29, 1.82) is 0 Å². The quantitative estimate of drug-likeness (QED) is 0.839. The Morgan fingerprint density at radius 1 is 1.27 bits per heavy atom. The molecule has 0 aliphatic carbocycles. The number of rotatable bonds is 5. The van der Waals surface area contributed by atoms with Gasteiger partial charge in [-0.1, -0.05) is 6.07 Å². The first-order chi connectivity index (χ1) is 12.9. The number of pyridine rings is 1. The van der Waals surface area contributed by atoms with Crippen LogP contribution in [-0.4, -0.2) is 27.8 Å². The molecule has 138 valence electrons. The largest absolute Gasteiger partial charge is 0.478 e. The smallest absolute Gasteiger partial charge is 0.407 e. The van der Waals surface area contributed by atoms with Crippen molar-refractivity contribution in [3.05, 3.63) is 53.2 Å². The number of aromatic carboxylic acids is 1. The molecule has 0 bridgehead atoms. The monoisotopic (exact) mass is 360 g/mol. The first-order valence-electron chi connectivity index (χ1n) is 8.87. The van der Waals surface area contributed by atoms with Crippen LogP contribution < -0.4 is 10.1 Å². The first kappa shape index (κ1) is 16.4. The fourth-order valence-electron chi connectivity index (χ4n) is 2.00. The van der Waals surface area contributed by atoms with Crippen LogP contribution >= 0.6 is 0 Å². The zero-order chi connectivity index (χ0) is 21.1. The summed E-state index contributed by atoms with van der Waals surface area (Å²) in [5.41, 5.74) is -0.156. The number of ether oxygens (including phenoxy) is 2. The van der Waals surface area contributed by atoms with Crippen molar-refractivity contribution in [3.8, 4) is 11.6 Å². The lowest BCUT2D eigenvalue weighted by Crippen LogP contribution is -2.32. The molecule has 0 aliphatic heterocycles. The Morgan fingerprint density at radius 2 is 2.00 bits per heavy atom. The van der Waals surface area contributed by atoms with Gasteiger partial charge in [-0.2, -0.15) is 0 Å². The molecule has 1 amide bonds. The van der Waals surface area contributed by atoms with E-state index in [9.17, 15) is 9.59 Å². The molecule has 0 spiro atoms. The third kappa shape index (κ3) is 6.08. The molecule has 0 radical (unpaired) electrons. The molecule has 0 fully saturated rings. The maximum absolute atomic E-state index is 11.9. The minimum atomic E-state index is -2.24. The van der Waals surface area contributed by atoms with Gasteiger partial charge in [0.25, 0.3) is 0 Å². The van der Waals surface area contributed by atoms with Gasteiger partial charge in [0.05, 0.1) is 8.30 Å². The van der Waals surface area contributed by atoms with Crippen LogP contribution in [0.5, 0.6) is 11.6 Å². The number of carbonyl (C=O) groups excluding carboxylic acids is 1. The van der Waals surface area contributed by atoms with Gasteiger partial charge in [-0.05, 0) is 57.5 Å². The number of benzene rings is 1. The Morgan fingerprint density at radius 3 is 2.65 bits per heavy atom. The molecule has 1 heterocycles. The van der Waals surface area contributed by atoms with Crippen molar-refractivity contribution in [2.24, 2.45) is 0 Å². The van der Waals surface area contributed by atoms with E-state index >= 15 is 0 Å². The van der Waals surface area contributed by atoms with Gasteiger partial charge in [-0.25, -0.2) is 14.6 Å².